The number of benzene rings is 3. The summed E-state index contributed by atoms with van der Waals surface area (Å²) >= 11 is 0. The summed E-state index contributed by atoms with van der Waals surface area (Å²) in [4.78, 5) is 12.9. The summed E-state index contributed by atoms with van der Waals surface area (Å²) in [5.41, 5.74) is 6.13. The number of rotatable bonds is 8. The predicted octanol–water partition coefficient (Wildman–Crippen LogP) is 7.11. The third-order valence-electron chi connectivity index (χ3n) is 5.80. The average Bonchev–Trinajstić information content (AvgIpc) is 3.26. The molecule has 0 radical (unpaired) electrons. The van der Waals surface area contributed by atoms with E-state index in [0.29, 0.717) is 17.9 Å². The standard InChI is InChI=1S/C29H29NO4/c1-5-20-11-7-9-13-25(20)30-29(31)15-19(3)22-16-23-24(21-12-8-10-14-26(21)32-4)18-34-28(23)17-27(22)33-6-2/h7-18H,5-6H2,1-4H3,(H,30,31)/b19-15+. The van der Waals surface area contributed by atoms with Gasteiger partial charge in [0.15, 0.2) is 0 Å². The number of hydrogen-bond donors (Lipinski definition) is 1. The summed E-state index contributed by atoms with van der Waals surface area (Å²) in [6.07, 6.45) is 4.19. The number of allylic oxidation sites excluding steroid dienone is 1. The lowest BCUT2D eigenvalue weighted by Gasteiger charge is -2.13. The fourth-order valence-corrected chi connectivity index (χ4v) is 4.11. The Balaban J connectivity index is 1.75. The van der Waals surface area contributed by atoms with Crippen molar-refractivity contribution >= 4 is 28.1 Å². The summed E-state index contributed by atoms with van der Waals surface area (Å²) in [6, 6.07) is 19.6. The Kier molecular flexibility index (Phi) is 7.02. The van der Waals surface area contributed by atoms with E-state index in [1.807, 2.05) is 74.5 Å². The smallest absolute Gasteiger partial charge is 0.248 e. The topological polar surface area (TPSA) is 60.7 Å². The van der Waals surface area contributed by atoms with Gasteiger partial charge in [-0.25, -0.2) is 0 Å². The van der Waals surface area contributed by atoms with Crippen molar-refractivity contribution in [1.82, 2.24) is 0 Å². The van der Waals surface area contributed by atoms with Gasteiger partial charge in [-0.05, 0) is 49.6 Å². The number of carbonyl (C=O) groups is 1. The first kappa shape index (κ1) is 23.2. The van der Waals surface area contributed by atoms with Gasteiger partial charge >= 0.3 is 0 Å². The molecule has 3 aromatic carbocycles. The van der Waals surface area contributed by atoms with Crippen molar-refractivity contribution in [3.05, 3.63) is 84.1 Å². The second-order valence-corrected chi connectivity index (χ2v) is 7.95. The molecule has 1 aromatic heterocycles. The van der Waals surface area contributed by atoms with E-state index in [2.05, 4.69) is 12.2 Å². The zero-order chi connectivity index (χ0) is 24.1. The van der Waals surface area contributed by atoms with Crippen molar-refractivity contribution in [1.29, 1.82) is 0 Å². The molecule has 0 aliphatic heterocycles. The number of anilines is 1. The maximum Gasteiger partial charge on any atom is 0.248 e. The van der Waals surface area contributed by atoms with Crippen molar-refractivity contribution in [3.63, 3.8) is 0 Å². The van der Waals surface area contributed by atoms with Gasteiger partial charge in [-0.3, -0.25) is 4.79 Å². The molecule has 4 rings (SSSR count). The van der Waals surface area contributed by atoms with E-state index < -0.39 is 0 Å². The molecular weight excluding hydrogens is 426 g/mol. The number of carbonyl (C=O) groups excluding carboxylic acids is 1. The third-order valence-corrected chi connectivity index (χ3v) is 5.80. The van der Waals surface area contributed by atoms with Crippen molar-refractivity contribution in [2.24, 2.45) is 0 Å². The normalized spacial score (nSPS) is 11.5. The van der Waals surface area contributed by atoms with E-state index >= 15 is 0 Å². The fourth-order valence-electron chi connectivity index (χ4n) is 4.11. The van der Waals surface area contributed by atoms with Crippen LogP contribution in [0.5, 0.6) is 11.5 Å². The molecule has 1 amide bonds. The summed E-state index contributed by atoms with van der Waals surface area (Å²) in [6.45, 7) is 6.42. The first-order valence-corrected chi connectivity index (χ1v) is 11.4. The lowest BCUT2D eigenvalue weighted by atomic mass is 9.98. The second kappa shape index (κ2) is 10.3. The van der Waals surface area contributed by atoms with E-state index in [4.69, 9.17) is 13.9 Å². The second-order valence-electron chi connectivity index (χ2n) is 7.95. The molecule has 0 saturated carbocycles. The van der Waals surface area contributed by atoms with Crippen LogP contribution in [0.25, 0.3) is 27.7 Å². The molecule has 0 bridgehead atoms. The quantitative estimate of drug-likeness (QED) is 0.288. The molecule has 1 N–H and O–H groups in total. The molecule has 5 nitrogen and oxygen atoms in total. The molecule has 0 atom stereocenters. The Labute approximate surface area is 200 Å². The molecule has 0 unspecified atom stereocenters. The largest absolute Gasteiger partial charge is 0.496 e. The summed E-state index contributed by atoms with van der Waals surface area (Å²) in [5.74, 6) is 1.26. The van der Waals surface area contributed by atoms with Crippen LogP contribution in [0.3, 0.4) is 0 Å². The first-order chi connectivity index (χ1) is 16.5. The number of furan rings is 1. The van der Waals surface area contributed by atoms with Gasteiger partial charge in [0.25, 0.3) is 0 Å². The van der Waals surface area contributed by atoms with Crippen molar-refractivity contribution in [2.75, 3.05) is 19.0 Å². The zero-order valence-electron chi connectivity index (χ0n) is 20.0. The highest BCUT2D eigenvalue weighted by Gasteiger charge is 2.17. The highest BCUT2D eigenvalue weighted by atomic mass is 16.5. The Morgan fingerprint density at radius 3 is 2.53 bits per heavy atom. The lowest BCUT2D eigenvalue weighted by Crippen LogP contribution is -2.10. The minimum Gasteiger partial charge on any atom is -0.496 e. The minimum absolute atomic E-state index is 0.182. The van der Waals surface area contributed by atoms with Gasteiger partial charge in [0.1, 0.15) is 17.1 Å². The maximum atomic E-state index is 12.9. The van der Waals surface area contributed by atoms with Crippen molar-refractivity contribution in [2.45, 2.75) is 27.2 Å². The van der Waals surface area contributed by atoms with Gasteiger partial charge in [0.05, 0.1) is 20.0 Å². The van der Waals surface area contributed by atoms with Gasteiger partial charge in [0.2, 0.25) is 5.91 Å². The number of para-hydroxylation sites is 2. The molecule has 4 aromatic rings. The van der Waals surface area contributed by atoms with Crippen LogP contribution in [0.15, 0.2) is 77.4 Å². The van der Waals surface area contributed by atoms with Crippen LogP contribution in [-0.2, 0) is 11.2 Å². The minimum atomic E-state index is -0.182. The number of ether oxygens (including phenoxy) is 2. The van der Waals surface area contributed by atoms with Gasteiger partial charge in [-0.2, -0.15) is 0 Å². The number of hydrogen-bond acceptors (Lipinski definition) is 4. The summed E-state index contributed by atoms with van der Waals surface area (Å²) in [7, 11) is 1.65. The Morgan fingerprint density at radius 1 is 1.00 bits per heavy atom. The molecule has 1 heterocycles. The van der Waals surface area contributed by atoms with Crippen LogP contribution in [0.2, 0.25) is 0 Å². The Morgan fingerprint density at radius 2 is 1.76 bits per heavy atom. The SMILES string of the molecule is CCOc1cc2occ(-c3ccccc3OC)c2cc1/C(C)=C/C(=O)Nc1ccccc1CC. The maximum absolute atomic E-state index is 12.9. The highest BCUT2D eigenvalue weighted by Crippen LogP contribution is 2.40. The van der Waals surface area contributed by atoms with Crippen LogP contribution >= 0.6 is 0 Å². The predicted molar refractivity (Wildman–Crippen MR) is 137 cm³/mol. The van der Waals surface area contributed by atoms with Crippen LogP contribution < -0.4 is 14.8 Å². The van der Waals surface area contributed by atoms with E-state index in [9.17, 15) is 4.79 Å². The molecule has 0 saturated heterocycles. The number of methoxy groups -OCH3 is 1. The van der Waals surface area contributed by atoms with E-state index in [1.165, 1.54) is 0 Å². The molecule has 0 aliphatic rings. The van der Waals surface area contributed by atoms with E-state index in [1.54, 1.807) is 19.4 Å². The summed E-state index contributed by atoms with van der Waals surface area (Å²) in [5, 5.41) is 3.93. The molecular formula is C29H29NO4. The van der Waals surface area contributed by atoms with E-state index in [0.717, 1.165) is 51.1 Å². The number of fused-ring (bicyclic) bond motifs is 1. The molecule has 0 fully saturated rings. The van der Waals surface area contributed by atoms with Crippen molar-refractivity contribution < 1.29 is 18.7 Å². The van der Waals surface area contributed by atoms with Crippen LogP contribution in [0.1, 0.15) is 31.9 Å². The van der Waals surface area contributed by atoms with Crippen LogP contribution in [-0.4, -0.2) is 19.6 Å². The first-order valence-electron chi connectivity index (χ1n) is 11.4. The molecule has 34 heavy (non-hydrogen) atoms. The lowest BCUT2D eigenvalue weighted by molar-refractivity contribution is -0.111. The monoisotopic (exact) mass is 455 g/mol. The average molecular weight is 456 g/mol. The Hall–Kier alpha value is -3.99. The van der Waals surface area contributed by atoms with Crippen LogP contribution in [0, 0.1) is 0 Å². The number of aryl methyl sites for hydroxylation is 1. The van der Waals surface area contributed by atoms with Gasteiger partial charge < -0.3 is 19.2 Å². The van der Waals surface area contributed by atoms with E-state index in [-0.39, 0.29) is 5.91 Å². The van der Waals surface area contributed by atoms with Gasteiger partial charge in [0, 0.05) is 39.9 Å². The summed E-state index contributed by atoms with van der Waals surface area (Å²) < 4.78 is 17.3. The van der Waals surface area contributed by atoms with Gasteiger partial charge in [-0.1, -0.05) is 43.3 Å². The Bertz CT molecular complexity index is 1350. The molecule has 0 spiro atoms. The number of nitrogens with one attached hydrogen (secondary N) is 1. The highest BCUT2D eigenvalue weighted by molar-refractivity contribution is 6.05. The molecule has 5 heteroatoms. The number of amides is 1. The fraction of sp³-hybridized carbons (Fsp3) is 0.207. The van der Waals surface area contributed by atoms with Crippen LogP contribution in [0.4, 0.5) is 5.69 Å². The third kappa shape index (κ3) is 4.69. The van der Waals surface area contributed by atoms with Gasteiger partial charge in [-0.15, -0.1) is 0 Å². The molecule has 0 aliphatic carbocycles. The zero-order valence-corrected chi connectivity index (χ0v) is 20.0. The molecule has 174 valence electrons. The van der Waals surface area contributed by atoms with Crippen molar-refractivity contribution in [3.8, 4) is 22.6 Å².